The molecule has 0 aliphatic heterocycles. The average Bonchev–Trinajstić information content (AvgIpc) is 2.64. The zero-order valence-corrected chi connectivity index (χ0v) is 14.7. The van der Waals surface area contributed by atoms with Gasteiger partial charge >= 0.3 is 5.97 Å². The number of nitrogens with one attached hydrogen (secondary N) is 1. The summed E-state index contributed by atoms with van der Waals surface area (Å²) >= 11 is 6.20. The third kappa shape index (κ3) is 3.98. The number of rotatable bonds is 6. The number of hydrogen-bond donors (Lipinski definition) is 1. The normalized spacial score (nSPS) is 15.9. The smallest absolute Gasteiger partial charge is 0.325 e. The molecule has 1 N–H and O–H groups in total. The Morgan fingerprint density at radius 1 is 1.43 bits per heavy atom. The summed E-state index contributed by atoms with van der Waals surface area (Å²) in [4.78, 5) is 12.2. The molecule has 1 rings (SSSR count). The van der Waals surface area contributed by atoms with Gasteiger partial charge in [0.25, 0.3) is 0 Å². The number of methoxy groups -OCH3 is 1. The molecule has 0 aliphatic carbocycles. The van der Waals surface area contributed by atoms with Gasteiger partial charge in [-0.15, -0.1) is 0 Å². The highest BCUT2D eigenvalue weighted by Gasteiger charge is 2.37. The van der Waals surface area contributed by atoms with Gasteiger partial charge in [-0.25, -0.2) is 0 Å². The Balaban J connectivity index is 3.02. The van der Waals surface area contributed by atoms with Crippen LogP contribution in [-0.2, 0) is 9.53 Å². The highest BCUT2D eigenvalue weighted by Crippen LogP contribution is 2.27. The van der Waals surface area contributed by atoms with E-state index in [0.717, 1.165) is 11.4 Å². The molecule has 120 valence electrons. The molecule has 0 saturated heterocycles. The minimum Gasteiger partial charge on any atom is -0.468 e. The van der Waals surface area contributed by atoms with Crippen molar-refractivity contribution in [3.63, 3.8) is 0 Å². The molecule has 0 aliphatic rings. The minimum atomic E-state index is -0.763. The Morgan fingerprint density at radius 2 is 2.00 bits per heavy atom. The van der Waals surface area contributed by atoms with Crippen LogP contribution in [0.2, 0.25) is 5.02 Å². The molecular formula is C15H26ClN3O2. The molecular weight excluding hydrogens is 290 g/mol. The summed E-state index contributed by atoms with van der Waals surface area (Å²) in [6.07, 6.45) is 0.566. The molecule has 0 saturated carbocycles. The van der Waals surface area contributed by atoms with E-state index >= 15 is 0 Å². The summed E-state index contributed by atoms with van der Waals surface area (Å²) in [5, 5.41) is 8.44. The van der Waals surface area contributed by atoms with Crippen molar-refractivity contribution in [2.75, 3.05) is 7.11 Å². The van der Waals surface area contributed by atoms with Crippen molar-refractivity contribution in [2.24, 2.45) is 0 Å². The van der Waals surface area contributed by atoms with Crippen molar-refractivity contribution in [1.82, 2.24) is 15.1 Å². The lowest BCUT2D eigenvalue weighted by Crippen LogP contribution is -2.54. The van der Waals surface area contributed by atoms with E-state index in [-0.39, 0.29) is 18.1 Å². The molecule has 5 nitrogen and oxygen atoms in total. The molecule has 2 atom stereocenters. The van der Waals surface area contributed by atoms with Gasteiger partial charge in [0.2, 0.25) is 0 Å². The van der Waals surface area contributed by atoms with Gasteiger partial charge in [-0.3, -0.25) is 14.8 Å². The Kier molecular flexibility index (Phi) is 5.82. The molecule has 0 bridgehead atoms. The molecule has 0 aromatic carbocycles. The third-order valence-corrected chi connectivity index (χ3v) is 4.15. The fourth-order valence-corrected chi connectivity index (χ4v) is 2.94. The molecule has 0 radical (unpaired) electrons. The van der Waals surface area contributed by atoms with Crippen LogP contribution in [-0.4, -0.2) is 34.4 Å². The van der Waals surface area contributed by atoms with E-state index in [1.807, 2.05) is 46.2 Å². The fraction of sp³-hybridized carbons (Fsp3) is 0.733. The van der Waals surface area contributed by atoms with E-state index in [1.165, 1.54) is 7.11 Å². The predicted octanol–water partition coefficient (Wildman–Crippen LogP) is 3.03. The molecule has 0 fully saturated rings. The van der Waals surface area contributed by atoms with E-state index in [0.29, 0.717) is 11.4 Å². The number of ether oxygens (including phenoxy) is 1. The van der Waals surface area contributed by atoms with Crippen LogP contribution in [0, 0.1) is 13.8 Å². The molecule has 0 amide bonds. The van der Waals surface area contributed by atoms with E-state index in [9.17, 15) is 4.79 Å². The highest BCUT2D eigenvalue weighted by molar-refractivity contribution is 6.31. The Labute approximate surface area is 132 Å². The van der Waals surface area contributed by atoms with E-state index in [4.69, 9.17) is 16.3 Å². The average molecular weight is 316 g/mol. The van der Waals surface area contributed by atoms with E-state index < -0.39 is 5.54 Å². The van der Waals surface area contributed by atoms with Crippen LogP contribution < -0.4 is 5.32 Å². The number of halogens is 1. The number of hydrogen-bond acceptors (Lipinski definition) is 4. The lowest BCUT2D eigenvalue weighted by molar-refractivity contribution is -0.149. The number of aromatic nitrogens is 2. The summed E-state index contributed by atoms with van der Waals surface area (Å²) < 4.78 is 6.83. The molecule has 21 heavy (non-hydrogen) atoms. The monoisotopic (exact) mass is 315 g/mol. The van der Waals surface area contributed by atoms with Crippen molar-refractivity contribution < 1.29 is 9.53 Å². The summed E-state index contributed by atoms with van der Waals surface area (Å²) in [5.74, 6) is -0.268. The summed E-state index contributed by atoms with van der Waals surface area (Å²) in [6.45, 7) is 11.7. The third-order valence-electron chi connectivity index (χ3n) is 3.60. The highest BCUT2D eigenvalue weighted by atomic mass is 35.5. The van der Waals surface area contributed by atoms with Gasteiger partial charge in [0.15, 0.2) is 0 Å². The molecule has 0 spiro atoms. The van der Waals surface area contributed by atoms with Crippen LogP contribution in [0.3, 0.4) is 0 Å². The van der Waals surface area contributed by atoms with Gasteiger partial charge in [-0.1, -0.05) is 11.6 Å². The first-order valence-corrected chi connectivity index (χ1v) is 7.57. The van der Waals surface area contributed by atoms with E-state index in [2.05, 4.69) is 10.4 Å². The van der Waals surface area contributed by atoms with Gasteiger partial charge in [-0.05, 0) is 48.0 Å². The molecule has 1 heterocycles. The SMILES string of the molecule is COC(=O)C(C)(CC(C)n1nc(C)c(Cl)c1C)NC(C)C. The minimum absolute atomic E-state index is 0.0200. The molecule has 1 aromatic heterocycles. The number of aryl methyl sites for hydroxylation is 1. The summed E-state index contributed by atoms with van der Waals surface area (Å²) in [5.41, 5.74) is 0.956. The van der Waals surface area contributed by atoms with Gasteiger partial charge in [-0.2, -0.15) is 5.10 Å². The Morgan fingerprint density at radius 3 is 2.38 bits per heavy atom. The topological polar surface area (TPSA) is 56.2 Å². The maximum atomic E-state index is 12.2. The first kappa shape index (κ1) is 18.0. The number of nitrogens with zero attached hydrogens (tertiary/aromatic N) is 2. The van der Waals surface area contributed by atoms with Gasteiger partial charge in [0, 0.05) is 6.04 Å². The largest absolute Gasteiger partial charge is 0.468 e. The number of carbonyl (C=O) groups excluding carboxylic acids is 1. The first-order chi connectivity index (χ1) is 9.62. The maximum Gasteiger partial charge on any atom is 0.325 e. The maximum absolute atomic E-state index is 12.2. The second-order valence-electron chi connectivity index (χ2n) is 6.11. The Bertz CT molecular complexity index is 513. The fourth-order valence-electron chi connectivity index (χ4n) is 2.81. The van der Waals surface area contributed by atoms with Crippen LogP contribution in [0.1, 0.15) is 51.5 Å². The first-order valence-electron chi connectivity index (χ1n) is 7.19. The van der Waals surface area contributed by atoms with Crippen molar-refractivity contribution >= 4 is 17.6 Å². The van der Waals surface area contributed by atoms with Gasteiger partial charge in [0.05, 0.1) is 29.6 Å². The molecule has 2 unspecified atom stereocenters. The van der Waals surface area contributed by atoms with Crippen LogP contribution in [0.4, 0.5) is 0 Å². The second-order valence-corrected chi connectivity index (χ2v) is 6.48. The van der Waals surface area contributed by atoms with Crippen molar-refractivity contribution in [2.45, 2.75) is 65.6 Å². The van der Waals surface area contributed by atoms with Crippen LogP contribution in [0.5, 0.6) is 0 Å². The Hall–Kier alpha value is -1.07. The van der Waals surface area contributed by atoms with Crippen LogP contribution in [0.15, 0.2) is 0 Å². The quantitative estimate of drug-likeness (QED) is 0.820. The lowest BCUT2D eigenvalue weighted by atomic mass is 9.92. The van der Waals surface area contributed by atoms with Crippen molar-refractivity contribution in [1.29, 1.82) is 0 Å². The van der Waals surface area contributed by atoms with Gasteiger partial charge < -0.3 is 4.74 Å². The van der Waals surface area contributed by atoms with Crippen LogP contribution in [0.25, 0.3) is 0 Å². The standard InChI is InChI=1S/C15H26ClN3O2/c1-9(2)17-15(6,14(20)21-7)8-10(3)19-12(5)13(16)11(4)18-19/h9-10,17H,8H2,1-7H3. The zero-order valence-electron chi connectivity index (χ0n) is 14.0. The van der Waals surface area contributed by atoms with Crippen LogP contribution >= 0.6 is 11.6 Å². The summed E-state index contributed by atoms with van der Waals surface area (Å²) in [7, 11) is 1.41. The molecule has 6 heteroatoms. The van der Waals surface area contributed by atoms with Crippen molar-refractivity contribution in [3.8, 4) is 0 Å². The predicted molar refractivity (Wildman–Crippen MR) is 84.7 cm³/mol. The van der Waals surface area contributed by atoms with E-state index in [1.54, 1.807) is 0 Å². The number of esters is 1. The van der Waals surface area contributed by atoms with Gasteiger partial charge in [0.1, 0.15) is 5.54 Å². The number of carbonyl (C=O) groups is 1. The summed E-state index contributed by atoms with van der Waals surface area (Å²) in [6, 6.07) is 0.192. The lowest BCUT2D eigenvalue weighted by Gasteiger charge is -2.32. The zero-order chi connectivity index (χ0) is 16.4. The molecule has 1 aromatic rings. The second kappa shape index (κ2) is 6.79. The van der Waals surface area contributed by atoms with Crippen molar-refractivity contribution in [3.05, 3.63) is 16.4 Å².